The van der Waals surface area contributed by atoms with Crippen LogP contribution < -0.4 is 0 Å². The van der Waals surface area contributed by atoms with Crippen molar-refractivity contribution in [3.8, 4) is 11.4 Å². The van der Waals surface area contributed by atoms with E-state index < -0.39 is 0 Å². The van der Waals surface area contributed by atoms with Crippen LogP contribution in [0.2, 0.25) is 0 Å². The molecule has 18 heavy (non-hydrogen) atoms. The first-order chi connectivity index (χ1) is 8.95. The number of rotatable bonds is 2. The van der Waals surface area contributed by atoms with Gasteiger partial charge in [0.2, 0.25) is 0 Å². The number of hydrogen-bond acceptors (Lipinski definition) is 2. The van der Waals surface area contributed by atoms with Crippen molar-refractivity contribution in [3.05, 3.63) is 48.3 Å². The maximum atomic E-state index is 4.56. The van der Waals surface area contributed by atoms with Crippen molar-refractivity contribution in [3.63, 3.8) is 0 Å². The molecule has 0 N–H and O–H groups in total. The van der Waals surface area contributed by atoms with Crippen LogP contribution in [-0.2, 0) is 0 Å². The molecule has 2 aromatic heterocycles. The molecule has 0 radical (unpaired) electrons. The smallest absolute Gasteiger partial charge is 0.0920 e. The van der Waals surface area contributed by atoms with E-state index in [1.165, 1.54) is 37.7 Å². The van der Waals surface area contributed by atoms with Crippen LogP contribution >= 0.6 is 0 Å². The second-order valence-electron chi connectivity index (χ2n) is 4.99. The lowest BCUT2D eigenvalue weighted by Gasteiger charge is -2.23. The molecule has 2 heterocycles. The van der Waals surface area contributed by atoms with Crippen molar-refractivity contribution in [1.82, 2.24) is 9.97 Å². The van der Waals surface area contributed by atoms with Gasteiger partial charge < -0.3 is 0 Å². The first-order valence-corrected chi connectivity index (χ1v) is 6.81. The highest BCUT2D eigenvalue weighted by Gasteiger charge is 2.19. The third-order valence-electron chi connectivity index (χ3n) is 3.79. The standard InChI is InChI=1S/C16H18N2/c1-2-7-13(8-3-1)14-9-6-12-18-16(14)15-10-4-5-11-17-15/h4-6,9-13H,1-3,7-8H2. The molecule has 0 amide bonds. The molecule has 0 spiro atoms. The summed E-state index contributed by atoms with van der Waals surface area (Å²) in [5, 5.41) is 0. The Morgan fingerprint density at radius 1 is 0.833 bits per heavy atom. The van der Waals surface area contributed by atoms with Crippen LogP contribution in [0, 0.1) is 0 Å². The third-order valence-corrected chi connectivity index (χ3v) is 3.79. The van der Waals surface area contributed by atoms with Gasteiger partial charge in [0.25, 0.3) is 0 Å². The average Bonchev–Trinajstić information content (AvgIpc) is 2.49. The Balaban J connectivity index is 1.99. The number of nitrogens with zero attached hydrogens (tertiary/aromatic N) is 2. The molecule has 0 saturated heterocycles. The fraction of sp³-hybridized carbons (Fsp3) is 0.375. The first-order valence-electron chi connectivity index (χ1n) is 6.81. The van der Waals surface area contributed by atoms with E-state index in [-0.39, 0.29) is 0 Å². The Morgan fingerprint density at radius 3 is 2.44 bits per heavy atom. The maximum Gasteiger partial charge on any atom is 0.0920 e. The van der Waals surface area contributed by atoms with Crippen LogP contribution in [0.15, 0.2) is 42.7 Å². The molecule has 3 rings (SSSR count). The number of hydrogen-bond donors (Lipinski definition) is 0. The van der Waals surface area contributed by atoms with Gasteiger partial charge in [-0.15, -0.1) is 0 Å². The van der Waals surface area contributed by atoms with Gasteiger partial charge in [-0.2, -0.15) is 0 Å². The van der Waals surface area contributed by atoms with Gasteiger partial charge in [-0.25, -0.2) is 0 Å². The van der Waals surface area contributed by atoms with Crippen LogP contribution in [0.5, 0.6) is 0 Å². The number of aromatic nitrogens is 2. The van der Waals surface area contributed by atoms with Crippen LogP contribution in [0.3, 0.4) is 0 Å². The van der Waals surface area contributed by atoms with E-state index in [1.807, 2.05) is 24.5 Å². The van der Waals surface area contributed by atoms with Crippen LogP contribution in [-0.4, -0.2) is 9.97 Å². The highest BCUT2D eigenvalue weighted by Crippen LogP contribution is 2.36. The zero-order valence-electron chi connectivity index (χ0n) is 10.5. The Labute approximate surface area is 108 Å². The molecule has 2 heteroatoms. The fourth-order valence-corrected chi connectivity index (χ4v) is 2.88. The SMILES string of the molecule is c1ccc(-c2ncccc2C2CCCCC2)nc1. The minimum absolute atomic E-state index is 0.671. The lowest BCUT2D eigenvalue weighted by atomic mass is 9.83. The van der Waals surface area contributed by atoms with E-state index >= 15 is 0 Å². The fourth-order valence-electron chi connectivity index (χ4n) is 2.88. The molecular formula is C16H18N2. The molecule has 0 aliphatic heterocycles. The molecule has 92 valence electrons. The summed E-state index contributed by atoms with van der Waals surface area (Å²) in [6.45, 7) is 0. The predicted molar refractivity (Wildman–Crippen MR) is 73.3 cm³/mol. The second kappa shape index (κ2) is 5.30. The van der Waals surface area contributed by atoms with Gasteiger partial charge in [0, 0.05) is 12.4 Å². The zero-order chi connectivity index (χ0) is 12.2. The molecule has 0 bridgehead atoms. The van der Waals surface area contributed by atoms with E-state index in [4.69, 9.17) is 0 Å². The van der Waals surface area contributed by atoms with Crippen LogP contribution in [0.25, 0.3) is 11.4 Å². The summed E-state index contributed by atoms with van der Waals surface area (Å²) < 4.78 is 0. The van der Waals surface area contributed by atoms with Crippen molar-refractivity contribution < 1.29 is 0 Å². The Morgan fingerprint density at radius 2 is 1.67 bits per heavy atom. The molecule has 1 aliphatic rings. The largest absolute Gasteiger partial charge is 0.255 e. The van der Waals surface area contributed by atoms with E-state index in [2.05, 4.69) is 28.2 Å². The highest BCUT2D eigenvalue weighted by atomic mass is 14.8. The summed E-state index contributed by atoms with van der Waals surface area (Å²) in [6, 6.07) is 10.3. The normalized spacial score (nSPS) is 16.7. The van der Waals surface area contributed by atoms with Gasteiger partial charge in [0.05, 0.1) is 11.4 Å². The van der Waals surface area contributed by atoms with Gasteiger partial charge >= 0.3 is 0 Å². The van der Waals surface area contributed by atoms with Crippen molar-refractivity contribution >= 4 is 0 Å². The minimum Gasteiger partial charge on any atom is -0.255 e. The maximum absolute atomic E-state index is 4.56. The summed E-state index contributed by atoms with van der Waals surface area (Å²) in [4.78, 5) is 9.00. The predicted octanol–water partition coefficient (Wildman–Crippen LogP) is 4.19. The summed E-state index contributed by atoms with van der Waals surface area (Å²) in [7, 11) is 0. The van der Waals surface area contributed by atoms with Crippen molar-refractivity contribution in [2.45, 2.75) is 38.0 Å². The summed E-state index contributed by atoms with van der Waals surface area (Å²) in [5.41, 5.74) is 3.46. The van der Waals surface area contributed by atoms with Crippen molar-refractivity contribution in [2.75, 3.05) is 0 Å². The average molecular weight is 238 g/mol. The molecule has 1 fully saturated rings. The van der Waals surface area contributed by atoms with Gasteiger partial charge in [-0.3, -0.25) is 9.97 Å². The molecule has 0 atom stereocenters. The van der Waals surface area contributed by atoms with E-state index in [0.29, 0.717) is 5.92 Å². The van der Waals surface area contributed by atoms with Crippen molar-refractivity contribution in [1.29, 1.82) is 0 Å². The Hall–Kier alpha value is -1.70. The summed E-state index contributed by atoms with van der Waals surface area (Å²) in [5.74, 6) is 0.671. The monoisotopic (exact) mass is 238 g/mol. The van der Waals surface area contributed by atoms with Gasteiger partial charge in [0.15, 0.2) is 0 Å². The Kier molecular flexibility index (Phi) is 3.35. The van der Waals surface area contributed by atoms with Crippen LogP contribution in [0.4, 0.5) is 0 Å². The second-order valence-corrected chi connectivity index (χ2v) is 4.99. The third kappa shape index (κ3) is 2.28. The van der Waals surface area contributed by atoms with Gasteiger partial charge in [-0.1, -0.05) is 31.4 Å². The van der Waals surface area contributed by atoms with E-state index in [9.17, 15) is 0 Å². The van der Waals surface area contributed by atoms with Crippen LogP contribution in [0.1, 0.15) is 43.6 Å². The molecule has 0 aromatic carbocycles. The Bertz CT molecular complexity index is 502. The molecule has 1 saturated carbocycles. The summed E-state index contributed by atoms with van der Waals surface area (Å²) in [6.07, 6.45) is 10.4. The van der Waals surface area contributed by atoms with E-state index in [1.54, 1.807) is 0 Å². The minimum atomic E-state index is 0.671. The van der Waals surface area contributed by atoms with Gasteiger partial charge in [-0.05, 0) is 42.5 Å². The molecule has 2 aromatic rings. The molecular weight excluding hydrogens is 220 g/mol. The first kappa shape index (κ1) is 11.4. The molecule has 1 aliphatic carbocycles. The molecule has 2 nitrogen and oxygen atoms in total. The van der Waals surface area contributed by atoms with Gasteiger partial charge in [0.1, 0.15) is 0 Å². The van der Waals surface area contributed by atoms with E-state index in [0.717, 1.165) is 11.4 Å². The highest BCUT2D eigenvalue weighted by molar-refractivity contribution is 5.59. The lowest BCUT2D eigenvalue weighted by molar-refractivity contribution is 0.443. The summed E-state index contributed by atoms with van der Waals surface area (Å²) >= 11 is 0. The lowest BCUT2D eigenvalue weighted by Crippen LogP contribution is -2.07. The van der Waals surface area contributed by atoms with Crippen molar-refractivity contribution in [2.24, 2.45) is 0 Å². The quantitative estimate of drug-likeness (QED) is 0.784. The topological polar surface area (TPSA) is 25.8 Å². The zero-order valence-corrected chi connectivity index (χ0v) is 10.5. The molecule has 0 unspecified atom stereocenters. The number of pyridine rings is 2.